The van der Waals surface area contributed by atoms with Gasteiger partial charge in [0.05, 0.1) is 15.8 Å². The molecule has 1 aliphatic heterocycles. The summed E-state index contributed by atoms with van der Waals surface area (Å²) in [5.41, 5.74) is 1.75. The van der Waals surface area contributed by atoms with Gasteiger partial charge in [0.2, 0.25) is 0 Å². The Morgan fingerprint density at radius 1 is 0.971 bits per heavy atom. The second-order valence-corrected chi connectivity index (χ2v) is 9.41. The molecule has 3 heterocycles. The van der Waals surface area contributed by atoms with Gasteiger partial charge in [0.25, 0.3) is 17.7 Å². The van der Waals surface area contributed by atoms with Gasteiger partial charge in [-0.15, -0.1) is 11.3 Å². The van der Waals surface area contributed by atoms with Crippen LogP contribution >= 0.6 is 22.7 Å². The predicted molar refractivity (Wildman–Crippen MR) is 129 cm³/mol. The number of nitrogens with one attached hydrogen (secondary N) is 2. The van der Waals surface area contributed by atoms with Crippen molar-refractivity contribution in [3.63, 3.8) is 0 Å². The fourth-order valence-corrected chi connectivity index (χ4v) is 5.40. The average molecular weight is 493 g/mol. The molecule has 4 aromatic rings. The van der Waals surface area contributed by atoms with Crippen molar-refractivity contribution < 1.29 is 23.9 Å². The van der Waals surface area contributed by atoms with Crippen LogP contribution in [0.1, 0.15) is 30.4 Å². The van der Waals surface area contributed by atoms with Crippen LogP contribution in [0.15, 0.2) is 54.6 Å². The second kappa shape index (κ2) is 8.69. The number of carbonyl (C=O) groups is 4. The number of hydrogen-bond donors (Lipinski definition) is 2. The van der Waals surface area contributed by atoms with E-state index in [9.17, 15) is 19.2 Å². The van der Waals surface area contributed by atoms with E-state index < -0.39 is 24.4 Å². The molecule has 0 unspecified atom stereocenters. The first kappa shape index (κ1) is 21.7. The number of rotatable bonds is 6. The predicted octanol–water partition coefficient (Wildman–Crippen LogP) is 4.12. The van der Waals surface area contributed by atoms with Crippen LogP contribution in [0, 0.1) is 0 Å². The number of amides is 3. The maximum absolute atomic E-state index is 12.4. The van der Waals surface area contributed by atoms with Gasteiger partial charge < -0.3 is 15.4 Å². The lowest BCUT2D eigenvalue weighted by Crippen LogP contribution is -2.24. The molecule has 2 aromatic heterocycles. The standard InChI is InChI=1S/C23H16N4O5S2/c1-27-20(29)14-8-7-13(9-15(14)21(27)30)24-18(28)11-32-22(31)17-10-16-19(33-17)26-23(34-16)25-12-5-3-2-4-6-12/h2-10H,11H2,1H3,(H,24,28)(H,25,26). The molecule has 2 N–H and O–H groups in total. The van der Waals surface area contributed by atoms with E-state index in [4.69, 9.17) is 4.74 Å². The topological polar surface area (TPSA) is 118 Å². The molecule has 170 valence electrons. The number of nitrogens with zero attached hydrogens (tertiary/aromatic N) is 2. The lowest BCUT2D eigenvalue weighted by molar-refractivity contribution is -0.119. The summed E-state index contributed by atoms with van der Waals surface area (Å²) in [5, 5.41) is 6.50. The number of fused-ring (bicyclic) bond motifs is 2. The smallest absolute Gasteiger partial charge is 0.348 e. The zero-order valence-corrected chi connectivity index (χ0v) is 19.3. The van der Waals surface area contributed by atoms with Gasteiger partial charge in [-0.25, -0.2) is 9.78 Å². The quantitative estimate of drug-likeness (QED) is 0.307. The van der Waals surface area contributed by atoms with Gasteiger partial charge in [-0.1, -0.05) is 29.5 Å². The van der Waals surface area contributed by atoms with Crippen molar-refractivity contribution in [1.82, 2.24) is 9.88 Å². The number of anilines is 3. The fourth-order valence-electron chi connectivity index (χ4n) is 3.37. The molecule has 0 radical (unpaired) electrons. The molecule has 0 bridgehead atoms. The number of para-hydroxylation sites is 1. The van der Waals surface area contributed by atoms with Crippen molar-refractivity contribution >= 4 is 72.4 Å². The van der Waals surface area contributed by atoms with E-state index in [1.165, 1.54) is 47.9 Å². The van der Waals surface area contributed by atoms with E-state index in [0.29, 0.717) is 20.5 Å². The average Bonchev–Trinajstić information content (AvgIpc) is 3.46. The zero-order valence-electron chi connectivity index (χ0n) is 17.7. The Balaban J connectivity index is 1.18. The third-order valence-corrected chi connectivity index (χ3v) is 7.08. The Bertz CT molecular complexity index is 1430. The van der Waals surface area contributed by atoms with E-state index in [1.807, 2.05) is 30.3 Å². The summed E-state index contributed by atoms with van der Waals surface area (Å²) >= 11 is 2.60. The molecule has 0 saturated heterocycles. The molecule has 11 heteroatoms. The van der Waals surface area contributed by atoms with Crippen molar-refractivity contribution in [2.75, 3.05) is 24.3 Å². The van der Waals surface area contributed by atoms with Crippen LogP contribution in [0.3, 0.4) is 0 Å². The highest BCUT2D eigenvalue weighted by Crippen LogP contribution is 2.34. The first-order chi connectivity index (χ1) is 16.4. The molecule has 34 heavy (non-hydrogen) atoms. The first-order valence-electron chi connectivity index (χ1n) is 10.0. The van der Waals surface area contributed by atoms with E-state index >= 15 is 0 Å². The van der Waals surface area contributed by atoms with E-state index in [2.05, 4.69) is 15.6 Å². The molecule has 0 saturated carbocycles. The van der Waals surface area contributed by atoms with Gasteiger partial charge in [0.1, 0.15) is 9.71 Å². The minimum Gasteiger partial charge on any atom is -0.451 e. The van der Waals surface area contributed by atoms with Gasteiger partial charge in [-0.2, -0.15) is 0 Å². The third-order valence-electron chi connectivity index (χ3n) is 5.02. The Kier molecular flexibility index (Phi) is 5.56. The Morgan fingerprint density at radius 3 is 2.50 bits per heavy atom. The Labute approximate surface area is 201 Å². The summed E-state index contributed by atoms with van der Waals surface area (Å²) in [6, 6.07) is 15.8. The normalized spacial score (nSPS) is 12.7. The number of esters is 1. The number of aromatic nitrogens is 1. The van der Waals surface area contributed by atoms with Gasteiger partial charge in [0.15, 0.2) is 11.7 Å². The molecule has 0 fully saturated rings. The molecule has 1 aliphatic rings. The summed E-state index contributed by atoms with van der Waals surface area (Å²) in [5.74, 6) is -2.01. The molecule has 2 aromatic carbocycles. The van der Waals surface area contributed by atoms with Crippen LogP contribution in [0.5, 0.6) is 0 Å². The lowest BCUT2D eigenvalue weighted by Gasteiger charge is -2.07. The van der Waals surface area contributed by atoms with Gasteiger partial charge in [-0.05, 0) is 36.4 Å². The van der Waals surface area contributed by atoms with Crippen molar-refractivity contribution in [1.29, 1.82) is 0 Å². The number of ether oxygens (including phenoxy) is 1. The molecular formula is C23H16N4O5S2. The summed E-state index contributed by atoms with van der Waals surface area (Å²) in [6.07, 6.45) is 0. The highest BCUT2D eigenvalue weighted by Gasteiger charge is 2.32. The van der Waals surface area contributed by atoms with Crippen molar-refractivity contribution in [2.45, 2.75) is 0 Å². The number of thiophene rings is 1. The van der Waals surface area contributed by atoms with Gasteiger partial charge >= 0.3 is 5.97 Å². The SMILES string of the molecule is CN1C(=O)c2ccc(NC(=O)COC(=O)c3cc4sc(Nc5ccccc5)nc4s3)cc2C1=O. The van der Waals surface area contributed by atoms with Crippen LogP contribution in [-0.2, 0) is 9.53 Å². The van der Waals surface area contributed by atoms with Crippen LogP contribution in [0.4, 0.5) is 16.5 Å². The summed E-state index contributed by atoms with van der Waals surface area (Å²) in [7, 11) is 1.40. The number of hydrogen-bond acceptors (Lipinski definition) is 9. The minimum atomic E-state index is -0.626. The molecular weight excluding hydrogens is 476 g/mol. The second-order valence-electron chi connectivity index (χ2n) is 7.34. The van der Waals surface area contributed by atoms with Crippen LogP contribution in [0.25, 0.3) is 9.53 Å². The number of imide groups is 1. The summed E-state index contributed by atoms with van der Waals surface area (Å²) < 4.78 is 5.96. The third kappa shape index (κ3) is 4.14. The monoisotopic (exact) mass is 492 g/mol. The minimum absolute atomic E-state index is 0.217. The first-order valence-corrected chi connectivity index (χ1v) is 11.7. The van der Waals surface area contributed by atoms with Crippen molar-refractivity contribution in [3.8, 4) is 0 Å². The van der Waals surface area contributed by atoms with Crippen molar-refractivity contribution in [2.24, 2.45) is 0 Å². The molecule has 9 nitrogen and oxygen atoms in total. The van der Waals surface area contributed by atoms with Crippen LogP contribution in [-0.4, -0.2) is 47.2 Å². The molecule has 0 aliphatic carbocycles. The zero-order chi connectivity index (χ0) is 23.8. The Morgan fingerprint density at radius 2 is 1.74 bits per heavy atom. The van der Waals surface area contributed by atoms with Gasteiger partial charge in [0, 0.05) is 18.4 Å². The number of benzene rings is 2. The molecule has 0 spiro atoms. The summed E-state index contributed by atoms with van der Waals surface area (Å²) in [4.78, 5) is 55.2. The van der Waals surface area contributed by atoms with Crippen LogP contribution < -0.4 is 10.6 Å². The molecule has 5 rings (SSSR count). The van der Waals surface area contributed by atoms with Gasteiger partial charge in [-0.3, -0.25) is 19.3 Å². The fraction of sp³-hybridized carbons (Fsp3) is 0.0870. The largest absolute Gasteiger partial charge is 0.451 e. The molecule has 0 atom stereocenters. The lowest BCUT2D eigenvalue weighted by atomic mass is 10.1. The number of carbonyl (C=O) groups excluding carboxylic acids is 4. The summed E-state index contributed by atoms with van der Waals surface area (Å²) in [6.45, 7) is -0.498. The maximum Gasteiger partial charge on any atom is 0.348 e. The number of thiazole rings is 1. The maximum atomic E-state index is 12.4. The molecule has 3 amide bonds. The Hall–Kier alpha value is -4.09. The highest BCUT2D eigenvalue weighted by molar-refractivity contribution is 7.29. The highest BCUT2D eigenvalue weighted by atomic mass is 32.1. The van der Waals surface area contributed by atoms with Crippen LogP contribution in [0.2, 0.25) is 0 Å². The van der Waals surface area contributed by atoms with E-state index in [-0.39, 0.29) is 17.0 Å². The van der Waals surface area contributed by atoms with Crippen molar-refractivity contribution in [3.05, 3.63) is 70.6 Å². The van der Waals surface area contributed by atoms with E-state index in [0.717, 1.165) is 15.3 Å². The van der Waals surface area contributed by atoms with E-state index in [1.54, 1.807) is 6.07 Å².